The summed E-state index contributed by atoms with van der Waals surface area (Å²) in [6.45, 7) is 18.2. The van der Waals surface area contributed by atoms with Gasteiger partial charge in [0.2, 0.25) is 0 Å². The van der Waals surface area contributed by atoms with Crippen LogP contribution in [0.15, 0.2) is 37.0 Å². The third-order valence-electron chi connectivity index (χ3n) is 4.77. The van der Waals surface area contributed by atoms with Crippen LogP contribution in [0.3, 0.4) is 0 Å². The summed E-state index contributed by atoms with van der Waals surface area (Å²) in [5.74, 6) is -1.01. The zero-order valence-electron chi connectivity index (χ0n) is 17.6. The van der Waals surface area contributed by atoms with Crippen LogP contribution in [0.5, 0.6) is 0 Å². The second-order valence-corrected chi connectivity index (χ2v) is 7.01. The van der Waals surface area contributed by atoms with Crippen molar-refractivity contribution in [1.82, 2.24) is 0 Å². The van der Waals surface area contributed by atoms with Crippen LogP contribution in [0.4, 0.5) is 0 Å². The third-order valence-corrected chi connectivity index (χ3v) is 4.77. The highest BCUT2D eigenvalue weighted by atomic mass is 16.6. The lowest BCUT2D eigenvalue weighted by Gasteiger charge is -2.28. The molecular formula is C23H38O4. The van der Waals surface area contributed by atoms with Gasteiger partial charge in [0.25, 0.3) is 0 Å². The SMILES string of the molecule is C=CCC(CCC)(C(=O)OCCCC(=C)CC)C(=O)OCCCC(=C)CC. The number of hydrogen-bond donors (Lipinski definition) is 0. The Hall–Kier alpha value is -1.84. The predicted molar refractivity (Wildman–Crippen MR) is 111 cm³/mol. The number of hydrogen-bond acceptors (Lipinski definition) is 4. The second-order valence-electron chi connectivity index (χ2n) is 7.01. The standard InChI is InChI=1S/C23H38O4/c1-7-15-23(16-8-2,21(24)26-17-11-13-19(5)9-3)22(25)27-18-12-14-20(6)10-4/h7H,1,5-6,8-18H2,2-4H3. The minimum atomic E-state index is -1.29. The van der Waals surface area contributed by atoms with Crippen LogP contribution in [-0.2, 0) is 19.1 Å². The smallest absolute Gasteiger partial charge is 0.323 e. The first-order valence-electron chi connectivity index (χ1n) is 10.2. The van der Waals surface area contributed by atoms with Gasteiger partial charge in [-0.25, -0.2) is 0 Å². The fourth-order valence-corrected chi connectivity index (χ4v) is 2.83. The molecule has 0 saturated heterocycles. The Morgan fingerprint density at radius 3 is 1.67 bits per heavy atom. The maximum Gasteiger partial charge on any atom is 0.323 e. The molecule has 0 aliphatic heterocycles. The van der Waals surface area contributed by atoms with Gasteiger partial charge in [-0.15, -0.1) is 6.58 Å². The molecule has 0 aliphatic rings. The zero-order valence-corrected chi connectivity index (χ0v) is 17.6. The summed E-state index contributed by atoms with van der Waals surface area (Å²) < 4.78 is 10.9. The second kappa shape index (κ2) is 14.2. The van der Waals surface area contributed by atoms with E-state index in [9.17, 15) is 9.59 Å². The van der Waals surface area contributed by atoms with Crippen molar-refractivity contribution in [2.45, 2.75) is 78.6 Å². The van der Waals surface area contributed by atoms with Crippen molar-refractivity contribution in [3.05, 3.63) is 37.0 Å². The van der Waals surface area contributed by atoms with Gasteiger partial charge in [-0.05, 0) is 51.4 Å². The van der Waals surface area contributed by atoms with Gasteiger partial charge < -0.3 is 9.47 Å². The van der Waals surface area contributed by atoms with E-state index in [2.05, 4.69) is 33.6 Å². The Morgan fingerprint density at radius 2 is 1.33 bits per heavy atom. The summed E-state index contributed by atoms with van der Waals surface area (Å²) in [5, 5.41) is 0. The van der Waals surface area contributed by atoms with E-state index in [0.717, 1.165) is 36.8 Å². The maximum atomic E-state index is 12.8. The molecule has 0 amide bonds. The lowest BCUT2D eigenvalue weighted by Crippen LogP contribution is -2.42. The third kappa shape index (κ3) is 9.07. The fourth-order valence-electron chi connectivity index (χ4n) is 2.83. The molecule has 0 radical (unpaired) electrons. The molecule has 0 unspecified atom stereocenters. The number of esters is 2. The van der Waals surface area contributed by atoms with E-state index >= 15 is 0 Å². The van der Waals surface area contributed by atoms with Crippen LogP contribution in [0.2, 0.25) is 0 Å². The quantitative estimate of drug-likeness (QED) is 0.145. The van der Waals surface area contributed by atoms with Crippen molar-refractivity contribution in [2.75, 3.05) is 13.2 Å². The monoisotopic (exact) mass is 378 g/mol. The van der Waals surface area contributed by atoms with E-state index in [1.54, 1.807) is 6.08 Å². The molecule has 0 aliphatic carbocycles. The predicted octanol–water partition coefficient (Wildman–Crippen LogP) is 5.93. The number of carbonyl (C=O) groups is 2. The molecule has 0 spiro atoms. The first-order valence-corrected chi connectivity index (χ1v) is 10.2. The Labute approximate surface area is 165 Å². The van der Waals surface area contributed by atoms with Gasteiger partial charge in [0.15, 0.2) is 5.41 Å². The molecule has 4 heteroatoms. The first kappa shape index (κ1) is 25.2. The van der Waals surface area contributed by atoms with Gasteiger partial charge in [-0.2, -0.15) is 0 Å². The topological polar surface area (TPSA) is 52.6 Å². The lowest BCUT2D eigenvalue weighted by atomic mass is 9.80. The van der Waals surface area contributed by atoms with Crippen molar-refractivity contribution < 1.29 is 19.1 Å². The molecular weight excluding hydrogens is 340 g/mol. The lowest BCUT2D eigenvalue weighted by molar-refractivity contribution is -0.173. The summed E-state index contributed by atoms with van der Waals surface area (Å²) >= 11 is 0. The largest absolute Gasteiger partial charge is 0.465 e. The number of rotatable bonds is 16. The molecule has 0 aromatic carbocycles. The molecule has 4 nitrogen and oxygen atoms in total. The van der Waals surface area contributed by atoms with Gasteiger partial charge in [0.1, 0.15) is 0 Å². The highest BCUT2D eigenvalue weighted by molar-refractivity contribution is 6.00. The van der Waals surface area contributed by atoms with E-state index in [4.69, 9.17) is 9.47 Å². The van der Waals surface area contributed by atoms with Crippen LogP contribution < -0.4 is 0 Å². The van der Waals surface area contributed by atoms with Gasteiger partial charge in [-0.3, -0.25) is 9.59 Å². The average molecular weight is 379 g/mol. The Kier molecular flexibility index (Phi) is 13.3. The molecule has 0 saturated carbocycles. The van der Waals surface area contributed by atoms with Crippen LogP contribution in [0.1, 0.15) is 78.6 Å². The molecule has 27 heavy (non-hydrogen) atoms. The number of carbonyl (C=O) groups excluding carboxylic acids is 2. The van der Waals surface area contributed by atoms with Crippen molar-refractivity contribution in [1.29, 1.82) is 0 Å². The molecule has 0 aromatic rings. The summed E-state index contributed by atoms with van der Waals surface area (Å²) in [6.07, 6.45) is 7.78. The normalized spacial score (nSPS) is 10.9. The van der Waals surface area contributed by atoms with Crippen LogP contribution >= 0.6 is 0 Å². The number of ether oxygens (including phenoxy) is 2. The van der Waals surface area contributed by atoms with Crippen LogP contribution in [0, 0.1) is 5.41 Å². The molecule has 0 atom stereocenters. The summed E-state index contributed by atoms with van der Waals surface area (Å²) in [5.41, 5.74) is 0.968. The molecule has 0 aromatic heterocycles. The molecule has 0 fully saturated rings. The van der Waals surface area contributed by atoms with Crippen molar-refractivity contribution in [3.8, 4) is 0 Å². The Morgan fingerprint density at radius 1 is 0.889 bits per heavy atom. The van der Waals surface area contributed by atoms with Crippen LogP contribution in [-0.4, -0.2) is 25.2 Å². The fraction of sp³-hybridized carbons (Fsp3) is 0.652. The van der Waals surface area contributed by atoms with Crippen molar-refractivity contribution in [3.63, 3.8) is 0 Å². The van der Waals surface area contributed by atoms with Gasteiger partial charge in [0, 0.05) is 0 Å². The summed E-state index contributed by atoms with van der Waals surface area (Å²) in [6, 6.07) is 0. The van der Waals surface area contributed by atoms with Gasteiger partial charge >= 0.3 is 11.9 Å². The van der Waals surface area contributed by atoms with E-state index in [1.807, 2.05) is 6.92 Å². The van der Waals surface area contributed by atoms with Crippen molar-refractivity contribution in [2.24, 2.45) is 5.41 Å². The molecule has 154 valence electrons. The van der Waals surface area contributed by atoms with E-state index in [1.165, 1.54) is 0 Å². The molecule has 0 N–H and O–H groups in total. The highest BCUT2D eigenvalue weighted by Gasteiger charge is 2.47. The molecule has 0 rings (SSSR count). The highest BCUT2D eigenvalue weighted by Crippen LogP contribution is 2.33. The van der Waals surface area contributed by atoms with Gasteiger partial charge in [-0.1, -0.05) is 57.6 Å². The minimum Gasteiger partial charge on any atom is -0.465 e. The number of allylic oxidation sites excluding steroid dienone is 3. The Balaban J connectivity index is 4.87. The summed E-state index contributed by atoms with van der Waals surface area (Å²) in [7, 11) is 0. The Bertz CT molecular complexity index is 469. The molecule has 0 heterocycles. The van der Waals surface area contributed by atoms with Crippen LogP contribution in [0.25, 0.3) is 0 Å². The maximum absolute atomic E-state index is 12.8. The average Bonchev–Trinajstić information content (AvgIpc) is 2.67. The zero-order chi connectivity index (χ0) is 20.7. The minimum absolute atomic E-state index is 0.224. The van der Waals surface area contributed by atoms with E-state index in [0.29, 0.717) is 25.7 Å². The van der Waals surface area contributed by atoms with E-state index < -0.39 is 17.4 Å². The first-order chi connectivity index (χ1) is 12.9. The van der Waals surface area contributed by atoms with Gasteiger partial charge in [0.05, 0.1) is 13.2 Å². The summed E-state index contributed by atoms with van der Waals surface area (Å²) in [4.78, 5) is 25.6. The van der Waals surface area contributed by atoms with E-state index in [-0.39, 0.29) is 19.6 Å². The van der Waals surface area contributed by atoms with Crippen molar-refractivity contribution >= 4 is 11.9 Å². The molecule has 0 bridgehead atoms.